The highest BCUT2D eigenvalue weighted by Gasteiger charge is 2.12. The van der Waals surface area contributed by atoms with Gasteiger partial charge in [-0.1, -0.05) is 12.1 Å². The Bertz CT molecular complexity index is 1110. The van der Waals surface area contributed by atoms with Crippen molar-refractivity contribution < 1.29 is 19.1 Å². The molecule has 10 heteroatoms. The van der Waals surface area contributed by atoms with Gasteiger partial charge in [-0.25, -0.2) is 0 Å². The summed E-state index contributed by atoms with van der Waals surface area (Å²) in [4.78, 5) is 24.0. The fourth-order valence-electron chi connectivity index (χ4n) is 2.79. The van der Waals surface area contributed by atoms with Crippen LogP contribution in [0, 0.1) is 11.7 Å². The SMILES string of the molecule is COc1ccc(-c2n[nH]c(=S)n2CCC(=O)NNC(=O)COc2cccc(C)c2)cc1. The van der Waals surface area contributed by atoms with E-state index in [1.165, 1.54) is 0 Å². The third-order valence-corrected chi connectivity index (χ3v) is 4.68. The van der Waals surface area contributed by atoms with E-state index in [0.717, 1.165) is 16.9 Å². The van der Waals surface area contributed by atoms with Crippen molar-refractivity contribution in [3.05, 3.63) is 58.9 Å². The molecule has 0 unspecified atom stereocenters. The zero-order valence-electron chi connectivity index (χ0n) is 17.2. The van der Waals surface area contributed by atoms with Crippen LogP contribution in [0.15, 0.2) is 48.5 Å². The number of hydrazine groups is 1. The van der Waals surface area contributed by atoms with Gasteiger partial charge in [-0.3, -0.25) is 30.1 Å². The highest BCUT2D eigenvalue weighted by molar-refractivity contribution is 7.71. The predicted molar refractivity (Wildman–Crippen MR) is 117 cm³/mol. The molecule has 1 heterocycles. The first-order chi connectivity index (χ1) is 15.0. The van der Waals surface area contributed by atoms with E-state index in [2.05, 4.69) is 21.0 Å². The van der Waals surface area contributed by atoms with E-state index in [0.29, 0.717) is 16.3 Å². The van der Waals surface area contributed by atoms with Crippen molar-refractivity contribution in [2.45, 2.75) is 19.9 Å². The Morgan fingerprint density at radius 2 is 1.84 bits per heavy atom. The number of ether oxygens (including phenoxy) is 2. The highest BCUT2D eigenvalue weighted by Crippen LogP contribution is 2.21. The fourth-order valence-corrected chi connectivity index (χ4v) is 3.01. The number of benzene rings is 2. The van der Waals surface area contributed by atoms with Gasteiger partial charge in [-0.2, -0.15) is 5.10 Å². The van der Waals surface area contributed by atoms with Gasteiger partial charge in [0.15, 0.2) is 17.2 Å². The minimum Gasteiger partial charge on any atom is -0.497 e. The van der Waals surface area contributed by atoms with Gasteiger partial charge in [0.05, 0.1) is 7.11 Å². The molecule has 0 spiro atoms. The molecule has 0 saturated carbocycles. The standard InChI is InChI=1S/C21H23N5O4S/c1-14-4-3-5-17(12-14)30-13-19(28)23-22-18(27)10-11-26-20(24-25-21(26)31)15-6-8-16(29-2)9-7-15/h3-9,12H,10-11,13H2,1-2H3,(H,22,27)(H,23,28)(H,25,31). The molecule has 0 atom stereocenters. The number of hydrogen-bond donors (Lipinski definition) is 3. The highest BCUT2D eigenvalue weighted by atomic mass is 32.1. The quantitative estimate of drug-likeness (QED) is 0.366. The van der Waals surface area contributed by atoms with E-state index >= 15 is 0 Å². The summed E-state index contributed by atoms with van der Waals surface area (Å²) >= 11 is 5.27. The first-order valence-electron chi connectivity index (χ1n) is 9.53. The van der Waals surface area contributed by atoms with E-state index in [1.54, 1.807) is 17.7 Å². The molecule has 3 rings (SSSR count). The first-order valence-corrected chi connectivity index (χ1v) is 9.94. The average molecular weight is 442 g/mol. The lowest BCUT2D eigenvalue weighted by Crippen LogP contribution is -2.44. The Labute approximate surface area is 184 Å². The number of nitrogens with zero attached hydrogens (tertiary/aromatic N) is 2. The van der Waals surface area contributed by atoms with Gasteiger partial charge in [-0.15, -0.1) is 0 Å². The summed E-state index contributed by atoms with van der Waals surface area (Å²) in [6.07, 6.45) is 0.0933. The second-order valence-electron chi connectivity index (χ2n) is 6.68. The fraction of sp³-hybridized carbons (Fsp3) is 0.238. The second-order valence-corrected chi connectivity index (χ2v) is 7.07. The van der Waals surface area contributed by atoms with Crippen LogP contribution < -0.4 is 20.3 Å². The predicted octanol–water partition coefficient (Wildman–Crippen LogP) is 2.54. The molecule has 0 fully saturated rings. The van der Waals surface area contributed by atoms with Gasteiger partial charge in [0, 0.05) is 18.5 Å². The number of H-pyrrole nitrogens is 1. The van der Waals surface area contributed by atoms with Gasteiger partial charge in [-0.05, 0) is 61.1 Å². The second kappa shape index (κ2) is 10.4. The Morgan fingerprint density at radius 3 is 2.55 bits per heavy atom. The minimum absolute atomic E-state index is 0.0933. The van der Waals surface area contributed by atoms with Crippen molar-refractivity contribution in [2.75, 3.05) is 13.7 Å². The van der Waals surface area contributed by atoms with Gasteiger partial charge in [0.25, 0.3) is 5.91 Å². The molecule has 31 heavy (non-hydrogen) atoms. The number of rotatable bonds is 8. The minimum atomic E-state index is -0.464. The Kier molecular flexibility index (Phi) is 7.39. The number of methoxy groups -OCH3 is 1. The molecule has 3 N–H and O–H groups in total. The number of carbonyl (C=O) groups is 2. The van der Waals surface area contributed by atoms with Crippen LogP contribution in [0.1, 0.15) is 12.0 Å². The molecule has 0 aliphatic carbocycles. The first kappa shape index (κ1) is 22.0. The molecule has 0 radical (unpaired) electrons. The summed E-state index contributed by atoms with van der Waals surface area (Å²) in [7, 11) is 1.59. The molecule has 0 bridgehead atoms. The molecular formula is C21H23N5O4S. The topological polar surface area (TPSA) is 110 Å². The van der Waals surface area contributed by atoms with Crippen molar-refractivity contribution >= 4 is 24.0 Å². The molecule has 9 nitrogen and oxygen atoms in total. The van der Waals surface area contributed by atoms with Crippen LogP contribution in [0.2, 0.25) is 0 Å². The van der Waals surface area contributed by atoms with Crippen LogP contribution in [0.3, 0.4) is 0 Å². The summed E-state index contributed by atoms with van der Waals surface area (Å²) in [5, 5.41) is 6.98. The maximum atomic E-state index is 12.1. The number of aryl methyl sites for hydroxylation is 1. The van der Waals surface area contributed by atoms with Crippen LogP contribution >= 0.6 is 12.2 Å². The van der Waals surface area contributed by atoms with Crippen LogP contribution in [0.25, 0.3) is 11.4 Å². The third kappa shape index (κ3) is 6.16. The summed E-state index contributed by atoms with van der Waals surface area (Å²) < 4.78 is 12.7. The van der Waals surface area contributed by atoms with E-state index in [4.69, 9.17) is 21.7 Å². The number of nitrogens with one attached hydrogen (secondary N) is 3. The van der Waals surface area contributed by atoms with Gasteiger partial charge in [0.1, 0.15) is 11.5 Å². The van der Waals surface area contributed by atoms with Gasteiger partial charge in [0.2, 0.25) is 5.91 Å². The van der Waals surface area contributed by atoms with Crippen molar-refractivity contribution in [2.24, 2.45) is 0 Å². The molecule has 1 aromatic heterocycles. The van der Waals surface area contributed by atoms with Gasteiger partial charge >= 0.3 is 0 Å². The summed E-state index contributed by atoms with van der Waals surface area (Å²) in [5.41, 5.74) is 6.56. The Balaban J connectivity index is 1.49. The lowest BCUT2D eigenvalue weighted by molar-refractivity contribution is -0.130. The maximum Gasteiger partial charge on any atom is 0.276 e. The molecule has 3 aromatic rings. The lowest BCUT2D eigenvalue weighted by Gasteiger charge is -2.10. The largest absolute Gasteiger partial charge is 0.497 e. The van der Waals surface area contributed by atoms with E-state index in [1.807, 2.05) is 49.4 Å². The maximum absolute atomic E-state index is 12.1. The van der Waals surface area contributed by atoms with Crippen LogP contribution in [-0.4, -0.2) is 40.3 Å². The third-order valence-electron chi connectivity index (χ3n) is 4.37. The summed E-state index contributed by atoms with van der Waals surface area (Å²) in [6.45, 7) is 2.01. The van der Waals surface area contributed by atoms with Crippen LogP contribution in [0.5, 0.6) is 11.5 Å². The van der Waals surface area contributed by atoms with Crippen molar-refractivity contribution in [3.63, 3.8) is 0 Å². The molecule has 162 valence electrons. The number of carbonyl (C=O) groups excluding carboxylic acids is 2. The van der Waals surface area contributed by atoms with Crippen molar-refractivity contribution in [1.82, 2.24) is 25.6 Å². The zero-order valence-corrected chi connectivity index (χ0v) is 18.0. The molecule has 2 aromatic carbocycles. The molecule has 2 amide bonds. The van der Waals surface area contributed by atoms with Crippen molar-refractivity contribution in [1.29, 1.82) is 0 Å². The smallest absolute Gasteiger partial charge is 0.276 e. The van der Waals surface area contributed by atoms with E-state index < -0.39 is 5.91 Å². The normalized spacial score (nSPS) is 10.4. The summed E-state index contributed by atoms with van der Waals surface area (Å²) in [6, 6.07) is 14.7. The Morgan fingerprint density at radius 1 is 1.10 bits per heavy atom. The average Bonchev–Trinajstić information content (AvgIpc) is 3.15. The molecule has 0 saturated heterocycles. The number of hydrogen-bond acceptors (Lipinski definition) is 6. The van der Waals surface area contributed by atoms with Crippen LogP contribution in [-0.2, 0) is 16.1 Å². The Hall–Kier alpha value is -3.66. The molecule has 0 aliphatic heterocycles. The number of amides is 2. The van der Waals surface area contributed by atoms with Crippen molar-refractivity contribution in [3.8, 4) is 22.9 Å². The zero-order chi connectivity index (χ0) is 22.2. The summed E-state index contributed by atoms with van der Waals surface area (Å²) in [5.74, 6) is 1.09. The monoisotopic (exact) mass is 441 g/mol. The lowest BCUT2D eigenvalue weighted by atomic mass is 10.2. The molecule has 0 aliphatic rings. The number of aromatic amines is 1. The van der Waals surface area contributed by atoms with Crippen LogP contribution in [0.4, 0.5) is 0 Å². The molecular weight excluding hydrogens is 418 g/mol. The van der Waals surface area contributed by atoms with E-state index in [9.17, 15) is 9.59 Å². The van der Waals surface area contributed by atoms with Gasteiger partial charge < -0.3 is 9.47 Å². The number of aromatic nitrogens is 3. The van der Waals surface area contributed by atoms with E-state index in [-0.39, 0.29) is 25.5 Å².